The summed E-state index contributed by atoms with van der Waals surface area (Å²) in [7, 11) is 0. The van der Waals surface area contributed by atoms with Crippen LogP contribution in [0.3, 0.4) is 0 Å². The van der Waals surface area contributed by atoms with Gasteiger partial charge in [0.25, 0.3) is 0 Å². The van der Waals surface area contributed by atoms with Gasteiger partial charge in [-0.05, 0) is 44.5 Å². The highest BCUT2D eigenvalue weighted by atomic mass is 16.5. The van der Waals surface area contributed by atoms with Gasteiger partial charge in [-0.25, -0.2) is 0 Å². The van der Waals surface area contributed by atoms with Crippen molar-refractivity contribution in [2.75, 3.05) is 46.1 Å². The van der Waals surface area contributed by atoms with Crippen LogP contribution in [0.4, 0.5) is 0 Å². The zero-order valence-electron chi connectivity index (χ0n) is 13.8. The minimum absolute atomic E-state index is 0.562. The van der Waals surface area contributed by atoms with Gasteiger partial charge in [0.15, 0.2) is 11.5 Å². The molecular weight excluding hydrogens is 278 g/mol. The average molecular weight is 307 g/mol. The SMILES string of the molecule is CCCOc1ccccc1OCCOCCN1CCCCC1. The number of hydrogen-bond acceptors (Lipinski definition) is 4. The van der Waals surface area contributed by atoms with Gasteiger partial charge in [-0.1, -0.05) is 25.5 Å². The van der Waals surface area contributed by atoms with Crippen molar-refractivity contribution >= 4 is 0 Å². The first-order chi connectivity index (χ1) is 10.9. The minimum atomic E-state index is 0.562. The summed E-state index contributed by atoms with van der Waals surface area (Å²) in [5.41, 5.74) is 0. The van der Waals surface area contributed by atoms with Crippen LogP contribution >= 0.6 is 0 Å². The van der Waals surface area contributed by atoms with Crippen LogP contribution in [0, 0.1) is 0 Å². The van der Waals surface area contributed by atoms with E-state index in [9.17, 15) is 0 Å². The topological polar surface area (TPSA) is 30.9 Å². The van der Waals surface area contributed by atoms with Crippen LogP contribution in [-0.2, 0) is 4.74 Å². The van der Waals surface area contributed by atoms with E-state index in [2.05, 4.69) is 11.8 Å². The minimum Gasteiger partial charge on any atom is -0.490 e. The summed E-state index contributed by atoms with van der Waals surface area (Å²) in [5.74, 6) is 1.62. The molecule has 0 spiro atoms. The van der Waals surface area contributed by atoms with Crippen LogP contribution in [0.5, 0.6) is 11.5 Å². The fourth-order valence-electron chi connectivity index (χ4n) is 2.59. The van der Waals surface area contributed by atoms with Gasteiger partial charge < -0.3 is 19.1 Å². The van der Waals surface area contributed by atoms with Crippen LogP contribution in [-0.4, -0.2) is 51.0 Å². The third-order valence-electron chi connectivity index (χ3n) is 3.80. The lowest BCUT2D eigenvalue weighted by molar-refractivity contribution is 0.0742. The van der Waals surface area contributed by atoms with E-state index in [4.69, 9.17) is 14.2 Å². The van der Waals surface area contributed by atoms with Crippen molar-refractivity contribution in [2.45, 2.75) is 32.6 Å². The number of piperidine rings is 1. The van der Waals surface area contributed by atoms with Gasteiger partial charge >= 0.3 is 0 Å². The van der Waals surface area contributed by atoms with Crippen LogP contribution in [0.25, 0.3) is 0 Å². The number of hydrogen-bond donors (Lipinski definition) is 0. The Hall–Kier alpha value is -1.26. The molecule has 1 heterocycles. The average Bonchev–Trinajstić information content (AvgIpc) is 2.58. The van der Waals surface area contributed by atoms with Crippen LogP contribution in [0.1, 0.15) is 32.6 Å². The summed E-state index contributed by atoms with van der Waals surface area (Å²) in [6.45, 7) is 8.27. The number of ether oxygens (including phenoxy) is 3. The van der Waals surface area contributed by atoms with E-state index in [1.165, 1.54) is 32.4 Å². The lowest BCUT2D eigenvalue weighted by atomic mass is 10.1. The molecule has 22 heavy (non-hydrogen) atoms. The van der Waals surface area contributed by atoms with Crippen molar-refractivity contribution in [1.29, 1.82) is 0 Å². The van der Waals surface area contributed by atoms with E-state index >= 15 is 0 Å². The Bertz CT molecular complexity index is 405. The summed E-state index contributed by atoms with van der Waals surface area (Å²) in [6, 6.07) is 7.82. The third kappa shape index (κ3) is 6.24. The summed E-state index contributed by atoms with van der Waals surface area (Å²) in [4.78, 5) is 2.48. The summed E-state index contributed by atoms with van der Waals surface area (Å²) in [6.07, 6.45) is 5.04. The lowest BCUT2D eigenvalue weighted by Gasteiger charge is -2.26. The van der Waals surface area contributed by atoms with Gasteiger partial charge in [-0.15, -0.1) is 0 Å². The number of likely N-dealkylation sites (tertiary alicyclic amines) is 1. The predicted molar refractivity (Wildman–Crippen MR) is 88.8 cm³/mol. The maximum Gasteiger partial charge on any atom is 0.161 e. The monoisotopic (exact) mass is 307 g/mol. The second kappa shape index (κ2) is 10.5. The summed E-state index contributed by atoms with van der Waals surface area (Å²) in [5, 5.41) is 0. The van der Waals surface area contributed by atoms with Crippen molar-refractivity contribution < 1.29 is 14.2 Å². The fraction of sp³-hybridized carbons (Fsp3) is 0.667. The zero-order valence-corrected chi connectivity index (χ0v) is 13.8. The highest BCUT2D eigenvalue weighted by Crippen LogP contribution is 2.26. The molecule has 1 fully saturated rings. The molecule has 0 amide bonds. The maximum absolute atomic E-state index is 5.76. The Morgan fingerprint density at radius 2 is 1.55 bits per heavy atom. The molecule has 0 radical (unpaired) electrons. The second-order valence-corrected chi connectivity index (χ2v) is 5.66. The van der Waals surface area contributed by atoms with E-state index in [1.807, 2.05) is 24.3 Å². The van der Waals surface area contributed by atoms with E-state index in [0.717, 1.165) is 31.1 Å². The molecule has 4 nitrogen and oxygen atoms in total. The first-order valence-corrected chi connectivity index (χ1v) is 8.55. The number of para-hydroxylation sites is 2. The lowest BCUT2D eigenvalue weighted by Crippen LogP contribution is -2.32. The van der Waals surface area contributed by atoms with E-state index in [1.54, 1.807) is 0 Å². The van der Waals surface area contributed by atoms with Gasteiger partial charge in [0.1, 0.15) is 6.61 Å². The number of benzene rings is 1. The molecule has 124 valence electrons. The van der Waals surface area contributed by atoms with Gasteiger partial charge in [-0.3, -0.25) is 0 Å². The molecule has 1 aliphatic rings. The molecular formula is C18H29NO3. The fourth-order valence-corrected chi connectivity index (χ4v) is 2.59. The van der Waals surface area contributed by atoms with Gasteiger partial charge in [0, 0.05) is 6.54 Å². The Labute approximate surface area is 134 Å². The first kappa shape index (κ1) is 17.1. The Kier molecular flexibility index (Phi) is 8.13. The Morgan fingerprint density at radius 1 is 0.864 bits per heavy atom. The largest absolute Gasteiger partial charge is 0.490 e. The van der Waals surface area contributed by atoms with Crippen LogP contribution in [0.2, 0.25) is 0 Å². The highest BCUT2D eigenvalue weighted by Gasteiger charge is 2.09. The molecule has 4 heteroatoms. The van der Waals surface area contributed by atoms with Crippen molar-refractivity contribution in [2.24, 2.45) is 0 Å². The first-order valence-electron chi connectivity index (χ1n) is 8.55. The Balaban J connectivity index is 1.58. The van der Waals surface area contributed by atoms with E-state index in [0.29, 0.717) is 19.8 Å². The molecule has 0 bridgehead atoms. The number of nitrogens with zero attached hydrogens (tertiary/aromatic N) is 1. The molecule has 2 rings (SSSR count). The van der Waals surface area contributed by atoms with Crippen LogP contribution in [0.15, 0.2) is 24.3 Å². The van der Waals surface area contributed by atoms with Crippen molar-refractivity contribution in [1.82, 2.24) is 4.90 Å². The summed E-state index contributed by atoms with van der Waals surface area (Å²) < 4.78 is 17.1. The van der Waals surface area contributed by atoms with Crippen molar-refractivity contribution in [3.63, 3.8) is 0 Å². The molecule has 1 aromatic rings. The standard InChI is InChI=1S/C18H29NO3/c1-2-13-21-17-8-4-5-9-18(17)22-16-15-20-14-12-19-10-6-3-7-11-19/h4-5,8-9H,2-3,6-7,10-16H2,1H3. The summed E-state index contributed by atoms with van der Waals surface area (Å²) >= 11 is 0. The highest BCUT2D eigenvalue weighted by molar-refractivity contribution is 5.39. The molecule has 0 aliphatic carbocycles. The van der Waals surface area contributed by atoms with Crippen molar-refractivity contribution in [3.05, 3.63) is 24.3 Å². The number of rotatable bonds is 10. The molecule has 0 N–H and O–H groups in total. The zero-order chi connectivity index (χ0) is 15.5. The second-order valence-electron chi connectivity index (χ2n) is 5.66. The van der Waals surface area contributed by atoms with Gasteiger partial charge in [-0.2, -0.15) is 0 Å². The normalized spacial score (nSPS) is 15.7. The smallest absolute Gasteiger partial charge is 0.161 e. The van der Waals surface area contributed by atoms with E-state index < -0.39 is 0 Å². The molecule has 0 unspecified atom stereocenters. The molecule has 0 atom stereocenters. The molecule has 1 aliphatic heterocycles. The van der Waals surface area contributed by atoms with Crippen LogP contribution < -0.4 is 9.47 Å². The third-order valence-corrected chi connectivity index (χ3v) is 3.80. The molecule has 1 saturated heterocycles. The van der Waals surface area contributed by atoms with E-state index in [-0.39, 0.29) is 0 Å². The Morgan fingerprint density at radius 3 is 2.23 bits per heavy atom. The molecule has 1 aromatic carbocycles. The molecule has 0 aromatic heterocycles. The van der Waals surface area contributed by atoms with Gasteiger partial charge in [0.05, 0.1) is 19.8 Å². The predicted octanol–water partition coefficient (Wildman–Crippen LogP) is 3.36. The molecule has 0 saturated carbocycles. The maximum atomic E-state index is 5.76. The van der Waals surface area contributed by atoms with Gasteiger partial charge in [0.2, 0.25) is 0 Å². The van der Waals surface area contributed by atoms with Crippen molar-refractivity contribution in [3.8, 4) is 11.5 Å². The quantitative estimate of drug-likeness (QED) is 0.620.